The van der Waals surface area contributed by atoms with Crippen LogP contribution in [0.5, 0.6) is 0 Å². The molecule has 1 aromatic carbocycles. The lowest BCUT2D eigenvalue weighted by atomic mass is 9.85. The Morgan fingerprint density at radius 1 is 1.12 bits per heavy atom. The van der Waals surface area contributed by atoms with Gasteiger partial charge in [-0.25, -0.2) is 0 Å². The molecule has 25 heavy (non-hydrogen) atoms. The highest BCUT2D eigenvalue weighted by atomic mass is 16.5. The summed E-state index contributed by atoms with van der Waals surface area (Å²) in [6.07, 6.45) is 5.70. The lowest BCUT2D eigenvalue weighted by molar-refractivity contribution is -0.157. The number of nitrogens with one attached hydrogen (secondary N) is 1. The summed E-state index contributed by atoms with van der Waals surface area (Å²) in [6.45, 7) is 5.77. The third kappa shape index (κ3) is 5.58. The van der Waals surface area contributed by atoms with Crippen LogP contribution in [0.1, 0.15) is 70.8 Å². The van der Waals surface area contributed by atoms with Gasteiger partial charge in [0.05, 0.1) is 5.92 Å². The van der Waals surface area contributed by atoms with Crippen molar-refractivity contribution in [2.45, 2.75) is 77.4 Å². The van der Waals surface area contributed by atoms with E-state index in [9.17, 15) is 9.59 Å². The van der Waals surface area contributed by atoms with E-state index in [1.165, 1.54) is 6.42 Å². The van der Waals surface area contributed by atoms with E-state index in [4.69, 9.17) is 4.74 Å². The van der Waals surface area contributed by atoms with Crippen molar-refractivity contribution >= 4 is 11.9 Å². The summed E-state index contributed by atoms with van der Waals surface area (Å²) in [4.78, 5) is 25.1. The van der Waals surface area contributed by atoms with Gasteiger partial charge in [-0.15, -0.1) is 0 Å². The smallest absolute Gasteiger partial charge is 0.314 e. The van der Waals surface area contributed by atoms with E-state index in [0.717, 1.165) is 37.7 Å². The summed E-state index contributed by atoms with van der Waals surface area (Å²) in [5.74, 6) is -0.678. The first kappa shape index (κ1) is 19.5. The third-order valence-corrected chi connectivity index (χ3v) is 5.24. The number of ether oxygens (including phenoxy) is 1. The molecule has 0 aromatic heterocycles. The summed E-state index contributed by atoms with van der Waals surface area (Å²) in [6, 6.07) is 9.91. The van der Waals surface area contributed by atoms with Crippen LogP contribution in [0.2, 0.25) is 0 Å². The Kier molecular flexibility index (Phi) is 7.48. The molecule has 1 amide bonds. The van der Waals surface area contributed by atoms with Crippen molar-refractivity contribution in [3.05, 3.63) is 35.9 Å². The standard InChI is InChI=1S/C21H31NO3/c1-4-15(2)19(17-11-7-5-8-12-17)21(24)25-16(3)20(23)22-18-13-9-6-10-14-18/h5,7-8,11-12,15-16,18-19H,4,6,9-10,13-14H2,1-3H3,(H,22,23). The summed E-state index contributed by atoms with van der Waals surface area (Å²) in [7, 11) is 0. The highest BCUT2D eigenvalue weighted by molar-refractivity contribution is 5.85. The van der Waals surface area contributed by atoms with Gasteiger partial charge in [0.25, 0.3) is 5.91 Å². The quantitative estimate of drug-likeness (QED) is 0.754. The Morgan fingerprint density at radius 3 is 2.36 bits per heavy atom. The number of esters is 1. The molecule has 4 nitrogen and oxygen atoms in total. The van der Waals surface area contributed by atoms with Crippen molar-refractivity contribution in [1.82, 2.24) is 5.32 Å². The number of benzene rings is 1. The Morgan fingerprint density at radius 2 is 1.76 bits per heavy atom. The molecule has 1 saturated carbocycles. The molecule has 2 rings (SSSR count). The van der Waals surface area contributed by atoms with E-state index in [2.05, 4.69) is 12.2 Å². The molecule has 1 aromatic rings. The highest BCUT2D eigenvalue weighted by Crippen LogP contribution is 2.28. The van der Waals surface area contributed by atoms with E-state index in [0.29, 0.717) is 0 Å². The molecule has 3 atom stereocenters. The first-order chi connectivity index (χ1) is 12.0. The van der Waals surface area contributed by atoms with Gasteiger partial charge in [-0.05, 0) is 31.2 Å². The van der Waals surface area contributed by atoms with Gasteiger partial charge in [0.15, 0.2) is 6.10 Å². The molecule has 0 saturated heterocycles. The summed E-state index contributed by atoms with van der Waals surface area (Å²) in [5.41, 5.74) is 0.946. The van der Waals surface area contributed by atoms with Crippen LogP contribution in [-0.4, -0.2) is 24.0 Å². The second-order valence-corrected chi connectivity index (χ2v) is 7.20. The molecular weight excluding hydrogens is 314 g/mol. The second-order valence-electron chi connectivity index (χ2n) is 7.20. The van der Waals surface area contributed by atoms with Crippen LogP contribution >= 0.6 is 0 Å². The van der Waals surface area contributed by atoms with E-state index in [1.807, 2.05) is 37.3 Å². The Labute approximate surface area is 151 Å². The van der Waals surface area contributed by atoms with Crippen molar-refractivity contribution < 1.29 is 14.3 Å². The van der Waals surface area contributed by atoms with Crippen LogP contribution in [0, 0.1) is 5.92 Å². The molecule has 4 heteroatoms. The normalized spacial score (nSPS) is 18.8. The second kappa shape index (κ2) is 9.59. The third-order valence-electron chi connectivity index (χ3n) is 5.24. The van der Waals surface area contributed by atoms with E-state index in [-0.39, 0.29) is 29.8 Å². The minimum atomic E-state index is -0.760. The van der Waals surface area contributed by atoms with Gasteiger partial charge >= 0.3 is 5.97 Å². The van der Waals surface area contributed by atoms with Gasteiger partial charge in [-0.1, -0.05) is 69.9 Å². The van der Waals surface area contributed by atoms with Gasteiger partial charge in [0, 0.05) is 6.04 Å². The van der Waals surface area contributed by atoms with Crippen molar-refractivity contribution in [2.24, 2.45) is 5.92 Å². The number of carbonyl (C=O) groups is 2. The minimum absolute atomic E-state index is 0.156. The predicted octanol–water partition coefficient (Wildman–Crippen LogP) is 4.20. The van der Waals surface area contributed by atoms with E-state index in [1.54, 1.807) is 6.92 Å². The fraction of sp³-hybridized carbons (Fsp3) is 0.619. The largest absolute Gasteiger partial charge is 0.452 e. The molecule has 1 fully saturated rings. The van der Waals surface area contributed by atoms with E-state index < -0.39 is 6.10 Å². The molecule has 1 N–H and O–H groups in total. The van der Waals surface area contributed by atoms with Crippen molar-refractivity contribution in [3.8, 4) is 0 Å². The van der Waals surface area contributed by atoms with Gasteiger partial charge in [-0.3, -0.25) is 9.59 Å². The highest BCUT2D eigenvalue weighted by Gasteiger charge is 2.30. The molecule has 0 bridgehead atoms. The van der Waals surface area contributed by atoms with Gasteiger partial charge in [0.1, 0.15) is 0 Å². The zero-order valence-electron chi connectivity index (χ0n) is 15.7. The maximum Gasteiger partial charge on any atom is 0.314 e. The van der Waals surface area contributed by atoms with Gasteiger partial charge in [-0.2, -0.15) is 0 Å². The Balaban J connectivity index is 1.98. The molecule has 1 aliphatic rings. The summed E-state index contributed by atoms with van der Waals surface area (Å²) in [5, 5.41) is 3.03. The maximum absolute atomic E-state index is 12.7. The first-order valence-corrected chi connectivity index (χ1v) is 9.58. The van der Waals surface area contributed by atoms with E-state index >= 15 is 0 Å². The number of hydrogen-bond acceptors (Lipinski definition) is 3. The molecule has 1 aliphatic carbocycles. The Hall–Kier alpha value is -1.84. The fourth-order valence-corrected chi connectivity index (χ4v) is 3.46. The monoisotopic (exact) mass is 345 g/mol. The molecule has 138 valence electrons. The van der Waals surface area contributed by atoms with Gasteiger partial charge < -0.3 is 10.1 Å². The van der Waals surface area contributed by atoms with Crippen LogP contribution in [0.15, 0.2) is 30.3 Å². The SMILES string of the molecule is CCC(C)C(C(=O)OC(C)C(=O)NC1CCCCC1)c1ccccc1. The zero-order valence-corrected chi connectivity index (χ0v) is 15.7. The number of carbonyl (C=O) groups excluding carboxylic acids is 2. The molecule has 0 radical (unpaired) electrons. The topological polar surface area (TPSA) is 55.4 Å². The molecular formula is C21H31NO3. The van der Waals surface area contributed by atoms with Crippen LogP contribution in [0.3, 0.4) is 0 Å². The molecule has 0 spiro atoms. The summed E-state index contributed by atoms with van der Waals surface area (Å²) < 4.78 is 5.54. The van der Waals surface area contributed by atoms with Crippen LogP contribution in [-0.2, 0) is 14.3 Å². The Bertz CT molecular complexity index is 552. The van der Waals surface area contributed by atoms with Crippen LogP contribution in [0.4, 0.5) is 0 Å². The lowest BCUT2D eigenvalue weighted by Crippen LogP contribution is -2.43. The van der Waals surface area contributed by atoms with Crippen LogP contribution in [0.25, 0.3) is 0 Å². The lowest BCUT2D eigenvalue weighted by Gasteiger charge is -2.26. The first-order valence-electron chi connectivity index (χ1n) is 9.58. The van der Waals surface area contributed by atoms with Gasteiger partial charge in [0.2, 0.25) is 0 Å². The molecule has 3 unspecified atom stereocenters. The fourth-order valence-electron chi connectivity index (χ4n) is 3.46. The van der Waals surface area contributed by atoms with Crippen LogP contribution < -0.4 is 5.32 Å². The van der Waals surface area contributed by atoms with Crippen molar-refractivity contribution in [2.75, 3.05) is 0 Å². The number of amides is 1. The minimum Gasteiger partial charge on any atom is -0.452 e. The molecule has 0 heterocycles. The average molecular weight is 345 g/mol. The van der Waals surface area contributed by atoms with Crippen molar-refractivity contribution in [3.63, 3.8) is 0 Å². The zero-order chi connectivity index (χ0) is 18.2. The summed E-state index contributed by atoms with van der Waals surface area (Å²) >= 11 is 0. The molecule has 0 aliphatic heterocycles. The number of rotatable bonds is 7. The van der Waals surface area contributed by atoms with Crippen molar-refractivity contribution in [1.29, 1.82) is 0 Å². The maximum atomic E-state index is 12.7. The predicted molar refractivity (Wildman–Crippen MR) is 99.2 cm³/mol. The average Bonchev–Trinajstić information content (AvgIpc) is 2.63. The number of hydrogen-bond donors (Lipinski definition) is 1.